The van der Waals surface area contributed by atoms with Gasteiger partial charge in [-0.25, -0.2) is 0 Å². The minimum absolute atomic E-state index is 0.663. The van der Waals surface area contributed by atoms with Crippen molar-refractivity contribution in [3.63, 3.8) is 0 Å². The number of benzene rings is 20. The van der Waals surface area contributed by atoms with E-state index in [2.05, 4.69) is 506 Å². The maximum absolute atomic E-state index is 9.30. The first-order valence-electron chi connectivity index (χ1n) is 43.9. The van der Waals surface area contributed by atoms with Crippen LogP contribution in [0.25, 0.3) is 166 Å². The monoisotopic (exact) mass is 1650 g/mol. The molecule has 5 nitrogen and oxygen atoms in total. The number of anilines is 6. The third-order valence-corrected chi connectivity index (χ3v) is 27.1. The second-order valence-corrected chi connectivity index (χ2v) is 38.9. The van der Waals surface area contributed by atoms with E-state index in [0.29, 0.717) is 5.56 Å². The zero-order chi connectivity index (χ0) is 86.0. The number of nitriles is 1. The van der Waals surface area contributed by atoms with E-state index in [4.69, 9.17) is 0 Å². The van der Waals surface area contributed by atoms with E-state index < -0.39 is 8.07 Å². The number of aromatic nitrogens is 2. The van der Waals surface area contributed by atoms with Crippen LogP contribution in [0.1, 0.15) is 5.56 Å². The molecular formula is C122H89N5Si. The fourth-order valence-electron chi connectivity index (χ4n) is 18.7. The van der Waals surface area contributed by atoms with E-state index >= 15 is 0 Å². The summed E-state index contributed by atoms with van der Waals surface area (Å²) >= 11 is 0. The van der Waals surface area contributed by atoms with Gasteiger partial charge in [0.05, 0.1) is 42.1 Å². The van der Waals surface area contributed by atoms with Crippen LogP contribution in [0.4, 0.5) is 34.1 Å². The van der Waals surface area contributed by atoms with Gasteiger partial charge in [-0.1, -0.05) is 401 Å². The summed E-state index contributed by atoms with van der Waals surface area (Å²) in [6.07, 6.45) is 0. The van der Waals surface area contributed by atoms with Gasteiger partial charge in [0.25, 0.3) is 0 Å². The fourth-order valence-corrected chi connectivity index (χ4v) is 19.8. The van der Waals surface area contributed by atoms with Crippen LogP contribution in [0.3, 0.4) is 0 Å². The molecule has 606 valence electrons. The number of nitrogens with zero attached hydrogens (tertiary/aromatic N) is 5. The Hall–Kier alpha value is -16.4. The lowest BCUT2D eigenvalue weighted by molar-refractivity contribution is 1.14. The van der Waals surface area contributed by atoms with Crippen LogP contribution in [0.15, 0.2) is 485 Å². The standard InChI is InChI=1S/C64H44N2.C58H45N3Si/c1-5-17-45(18-6-1)47-29-37-53(38-30-47)65(54-39-31-48(32-40-54)46-19-7-2-8-20-46)55-41-33-49(34-42-55)50-35-43-56(44-36-50)66-63(52-23-11-4-12-24-52)61(51-21-9-3-10-22-51)62-59-27-15-13-25-57(59)58-26-14-16-28-60(58)64(62)66;1-62(2,3)53-37-35-51(36-38-53)60(49-29-22-43(23-30-49)42-20-18-41(40-59)19-21-42)50-31-24-44(25-32-50)45-26-33-52(34-27-45)61-57(48-15-8-5-9-16-48)56(47-13-6-4-7-14-47)55-39-28-46-12-10-11-17-54(46)58(55)61/h1-44H;4-39H,1-3H3. The highest BCUT2D eigenvalue weighted by atomic mass is 28.3. The second kappa shape index (κ2) is 34.4. The van der Waals surface area contributed by atoms with Crippen LogP contribution < -0.4 is 15.0 Å². The molecule has 0 bridgehead atoms. The highest BCUT2D eigenvalue weighted by Crippen LogP contribution is 2.51. The largest absolute Gasteiger partial charge is 0.311 e. The predicted molar refractivity (Wildman–Crippen MR) is 545 cm³/mol. The van der Waals surface area contributed by atoms with Crippen LogP contribution in [-0.4, -0.2) is 17.2 Å². The smallest absolute Gasteiger partial charge is 0.0991 e. The summed E-state index contributed by atoms with van der Waals surface area (Å²) in [4.78, 5) is 4.68. The van der Waals surface area contributed by atoms with Crippen molar-refractivity contribution in [2.45, 2.75) is 19.6 Å². The average Bonchev–Trinajstić information content (AvgIpc) is 1.56. The van der Waals surface area contributed by atoms with Gasteiger partial charge in [0.15, 0.2) is 0 Å². The minimum Gasteiger partial charge on any atom is -0.311 e. The van der Waals surface area contributed by atoms with E-state index in [1.807, 2.05) is 24.3 Å². The molecule has 22 aromatic rings. The molecule has 0 N–H and O–H groups in total. The normalized spacial score (nSPS) is 11.4. The van der Waals surface area contributed by atoms with Crippen molar-refractivity contribution >= 4 is 102 Å². The Morgan fingerprint density at radius 2 is 0.484 bits per heavy atom. The third-order valence-electron chi connectivity index (χ3n) is 25.0. The minimum atomic E-state index is -1.47. The highest BCUT2D eigenvalue weighted by molar-refractivity contribution is 6.88. The first-order valence-corrected chi connectivity index (χ1v) is 47.4. The SMILES string of the molecule is C[Si](C)(C)c1ccc(N(c2ccc(-c3ccc(C#N)cc3)cc2)c2ccc(-c3ccc(-n4c(-c5ccccc5)c(-c5ccccc5)c5ccc6ccccc6c54)cc3)cc2)cc1.c1ccc(-c2ccc(N(c3ccc(-c4ccccc4)cc3)c3ccc(-c4ccc(-n5c(-c6ccccc6)c(-c6ccccc6)c6c7ccccc7c7ccccc7c65)cc4)cc3)cc2)cc1. The van der Waals surface area contributed by atoms with E-state index in [-0.39, 0.29) is 0 Å². The van der Waals surface area contributed by atoms with Gasteiger partial charge in [0.1, 0.15) is 0 Å². The highest BCUT2D eigenvalue weighted by Gasteiger charge is 2.28. The lowest BCUT2D eigenvalue weighted by atomic mass is 9.92. The predicted octanol–water partition coefficient (Wildman–Crippen LogP) is 33.1. The summed E-state index contributed by atoms with van der Waals surface area (Å²) in [5.41, 5.74) is 33.1. The van der Waals surface area contributed by atoms with E-state index in [9.17, 15) is 5.26 Å². The summed E-state index contributed by atoms with van der Waals surface area (Å²) < 4.78 is 4.98. The van der Waals surface area contributed by atoms with Crippen LogP contribution in [-0.2, 0) is 0 Å². The van der Waals surface area contributed by atoms with Crippen molar-refractivity contribution in [2.75, 3.05) is 9.80 Å². The van der Waals surface area contributed by atoms with Crippen LogP contribution >= 0.6 is 0 Å². The Morgan fingerprint density at radius 3 is 0.859 bits per heavy atom. The van der Waals surface area contributed by atoms with Crippen molar-refractivity contribution < 1.29 is 0 Å². The van der Waals surface area contributed by atoms with Gasteiger partial charge < -0.3 is 18.9 Å². The fraction of sp³-hybridized carbons (Fsp3) is 0.0246. The molecule has 20 aromatic carbocycles. The van der Waals surface area contributed by atoms with Gasteiger partial charge in [-0.05, 0) is 209 Å². The molecule has 0 aliphatic rings. The molecular weight excluding hydrogens is 1560 g/mol. The zero-order valence-electron chi connectivity index (χ0n) is 71.4. The van der Waals surface area contributed by atoms with Crippen molar-refractivity contribution in [1.29, 1.82) is 5.26 Å². The number of hydrogen-bond donors (Lipinski definition) is 0. The van der Waals surface area contributed by atoms with Gasteiger partial charge in [-0.15, -0.1) is 0 Å². The summed E-state index contributed by atoms with van der Waals surface area (Å²) in [7, 11) is -1.47. The summed E-state index contributed by atoms with van der Waals surface area (Å²) in [6, 6.07) is 177. The Labute approximate surface area is 748 Å². The van der Waals surface area contributed by atoms with Crippen LogP contribution in [0.5, 0.6) is 0 Å². The van der Waals surface area contributed by atoms with Crippen molar-refractivity contribution in [1.82, 2.24) is 9.13 Å². The van der Waals surface area contributed by atoms with Crippen LogP contribution in [0.2, 0.25) is 19.6 Å². The van der Waals surface area contributed by atoms with E-state index in [0.717, 1.165) is 78.9 Å². The molecule has 2 heterocycles. The van der Waals surface area contributed by atoms with E-state index in [1.54, 1.807) is 0 Å². The average molecular weight is 1650 g/mol. The first kappa shape index (κ1) is 78.8. The Balaban J connectivity index is 0.000000156. The van der Waals surface area contributed by atoms with Crippen molar-refractivity contribution in [3.8, 4) is 118 Å². The third kappa shape index (κ3) is 15.2. The first-order chi connectivity index (χ1) is 63.1. The molecule has 2 aromatic heterocycles. The topological polar surface area (TPSA) is 40.1 Å². The Bertz CT molecular complexity index is 7680. The molecule has 0 fully saturated rings. The van der Waals surface area contributed by atoms with Crippen molar-refractivity contribution in [2.24, 2.45) is 0 Å². The molecule has 0 saturated carbocycles. The number of rotatable bonds is 18. The second-order valence-electron chi connectivity index (χ2n) is 33.8. The molecule has 22 rings (SSSR count). The maximum Gasteiger partial charge on any atom is 0.0991 e. The molecule has 6 heteroatoms. The Kier molecular flexibility index (Phi) is 21.1. The molecule has 128 heavy (non-hydrogen) atoms. The lowest BCUT2D eigenvalue weighted by Crippen LogP contribution is -2.37. The molecule has 0 spiro atoms. The lowest BCUT2D eigenvalue weighted by Gasteiger charge is -2.27. The van der Waals surface area contributed by atoms with Gasteiger partial charge in [0.2, 0.25) is 0 Å². The molecule has 0 aliphatic carbocycles. The summed E-state index contributed by atoms with van der Waals surface area (Å²) in [6.45, 7) is 7.17. The van der Waals surface area contributed by atoms with Crippen LogP contribution in [0, 0.1) is 11.3 Å². The number of fused-ring (bicyclic) bond motifs is 9. The van der Waals surface area contributed by atoms with Gasteiger partial charge >= 0.3 is 0 Å². The molecule has 0 atom stereocenters. The molecule has 0 aliphatic heterocycles. The zero-order valence-corrected chi connectivity index (χ0v) is 72.4. The number of hydrogen-bond acceptors (Lipinski definition) is 3. The molecule has 0 saturated heterocycles. The Morgan fingerprint density at radius 1 is 0.211 bits per heavy atom. The van der Waals surface area contributed by atoms with Crippen molar-refractivity contribution in [3.05, 3.63) is 491 Å². The van der Waals surface area contributed by atoms with Gasteiger partial charge in [0, 0.05) is 78.2 Å². The quantitative estimate of drug-likeness (QED) is 0.0635. The molecule has 0 amide bonds. The molecule has 0 radical (unpaired) electrons. The van der Waals surface area contributed by atoms with Gasteiger partial charge in [-0.3, -0.25) is 0 Å². The summed E-state index contributed by atoms with van der Waals surface area (Å²) in [5.74, 6) is 0. The summed E-state index contributed by atoms with van der Waals surface area (Å²) in [5, 5.41) is 20.7. The maximum atomic E-state index is 9.30. The van der Waals surface area contributed by atoms with E-state index in [1.165, 1.54) is 126 Å². The van der Waals surface area contributed by atoms with Gasteiger partial charge in [-0.2, -0.15) is 5.26 Å². The molecule has 0 unspecified atom stereocenters.